The molecule has 182 valence electrons. The van der Waals surface area contributed by atoms with Gasteiger partial charge in [0.2, 0.25) is 11.6 Å². The average Bonchev–Trinajstić information content (AvgIpc) is 3.40. The van der Waals surface area contributed by atoms with Gasteiger partial charge in [-0.2, -0.15) is 14.6 Å². The number of piperidine rings is 1. The van der Waals surface area contributed by atoms with Crippen LogP contribution in [0.15, 0.2) is 18.7 Å². The Balaban J connectivity index is 1.34. The first-order chi connectivity index (χ1) is 16.3. The van der Waals surface area contributed by atoms with E-state index in [2.05, 4.69) is 32.5 Å². The van der Waals surface area contributed by atoms with Crippen molar-refractivity contribution in [3.63, 3.8) is 0 Å². The van der Waals surface area contributed by atoms with Crippen LogP contribution in [0.2, 0.25) is 0 Å². The minimum atomic E-state index is -0.502. The summed E-state index contributed by atoms with van der Waals surface area (Å²) in [6.07, 6.45) is 9.07. The van der Waals surface area contributed by atoms with Crippen LogP contribution in [0.25, 0.3) is 16.9 Å². The fraction of sp³-hybridized carbons (Fsp3) is 0.609. The third kappa shape index (κ3) is 4.64. The Morgan fingerprint density at radius 3 is 2.74 bits per heavy atom. The predicted molar refractivity (Wildman–Crippen MR) is 126 cm³/mol. The van der Waals surface area contributed by atoms with Crippen molar-refractivity contribution in [3.8, 4) is 17.0 Å². The Labute approximate surface area is 198 Å². The van der Waals surface area contributed by atoms with Gasteiger partial charge in [-0.1, -0.05) is 6.92 Å². The Kier molecular flexibility index (Phi) is 5.78. The van der Waals surface area contributed by atoms with Crippen LogP contribution in [0.5, 0.6) is 5.75 Å². The van der Waals surface area contributed by atoms with Gasteiger partial charge in [-0.25, -0.2) is 9.78 Å². The molecule has 4 heterocycles. The smallest absolute Gasteiger partial charge is 0.410 e. The van der Waals surface area contributed by atoms with Crippen LogP contribution in [-0.2, 0) is 4.74 Å². The second kappa shape index (κ2) is 8.77. The summed E-state index contributed by atoms with van der Waals surface area (Å²) in [6.45, 7) is 9.00. The molecule has 5 rings (SSSR count). The Morgan fingerprint density at radius 2 is 2.09 bits per heavy atom. The van der Waals surface area contributed by atoms with E-state index in [0.29, 0.717) is 36.1 Å². The van der Waals surface area contributed by atoms with Gasteiger partial charge >= 0.3 is 6.09 Å². The number of fused-ring (bicyclic) bond motifs is 1. The van der Waals surface area contributed by atoms with Crippen LogP contribution in [0, 0.1) is 5.92 Å². The van der Waals surface area contributed by atoms with Gasteiger partial charge in [0.1, 0.15) is 17.6 Å². The van der Waals surface area contributed by atoms with Gasteiger partial charge in [-0.05, 0) is 52.4 Å². The number of rotatable bonds is 5. The van der Waals surface area contributed by atoms with Crippen molar-refractivity contribution in [2.75, 3.05) is 18.4 Å². The number of likely N-dealkylation sites (tertiary alicyclic amines) is 1. The monoisotopic (exact) mass is 468 g/mol. The molecule has 0 bridgehead atoms. The number of carbonyl (C=O) groups is 1. The molecule has 0 spiro atoms. The number of carbonyl (C=O) groups excluding carboxylic acids is 1. The second-order valence-corrected chi connectivity index (χ2v) is 10.2. The summed E-state index contributed by atoms with van der Waals surface area (Å²) in [5, 5.41) is 15.0. The summed E-state index contributed by atoms with van der Waals surface area (Å²) in [5.74, 6) is 1.35. The maximum Gasteiger partial charge on any atom is 0.410 e. The molecule has 0 aromatic carbocycles. The fourth-order valence-electron chi connectivity index (χ4n) is 4.26. The van der Waals surface area contributed by atoms with E-state index in [9.17, 15) is 4.79 Å². The highest BCUT2D eigenvalue weighted by Gasteiger charge is 2.32. The molecule has 3 aromatic rings. The first-order valence-electron chi connectivity index (χ1n) is 11.9. The Hall–Kier alpha value is -3.37. The van der Waals surface area contributed by atoms with E-state index in [1.807, 2.05) is 20.8 Å². The topological polar surface area (TPSA) is 123 Å². The summed E-state index contributed by atoms with van der Waals surface area (Å²) in [5.41, 5.74) is 1.67. The number of amides is 1. The highest BCUT2D eigenvalue weighted by Crippen LogP contribution is 2.35. The van der Waals surface area contributed by atoms with Crippen molar-refractivity contribution in [2.24, 2.45) is 5.92 Å². The van der Waals surface area contributed by atoms with Gasteiger partial charge in [0, 0.05) is 30.9 Å². The van der Waals surface area contributed by atoms with Crippen LogP contribution in [0.3, 0.4) is 0 Å². The molecule has 1 saturated heterocycles. The van der Waals surface area contributed by atoms with Crippen LogP contribution < -0.4 is 10.1 Å². The van der Waals surface area contributed by atoms with Crippen molar-refractivity contribution >= 4 is 17.7 Å². The summed E-state index contributed by atoms with van der Waals surface area (Å²) < 4.78 is 13.5. The van der Waals surface area contributed by atoms with Gasteiger partial charge in [-0.15, -0.1) is 5.10 Å². The minimum Gasteiger partial charge on any atom is -0.484 e. The molecule has 11 heteroatoms. The van der Waals surface area contributed by atoms with Gasteiger partial charge in [-0.3, -0.25) is 5.10 Å². The van der Waals surface area contributed by atoms with Crippen LogP contribution >= 0.6 is 0 Å². The van der Waals surface area contributed by atoms with E-state index < -0.39 is 5.60 Å². The van der Waals surface area contributed by atoms with Gasteiger partial charge in [0.15, 0.2) is 5.75 Å². The Bertz CT molecular complexity index is 1150. The second-order valence-electron chi connectivity index (χ2n) is 10.2. The number of nitrogens with one attached hydrogen (secondary N) is 2. The molecule has 1 aliphatic heterocycles. The van der Waals surface area contributed by atoms with Crippen LogP contribution in [-0.4, -0.2) is 71.6 Å². The highest BCUT2D eigenvalue weighted by atomic mass is 16.6. The number of hydrogen-bond donors (Lipinski definition) is 2. The number of aromatic amines is 1. The standard InChI is InChI=1S/C23H32N8O3/c1-14-12-30(22(32)34-23(2,3)4)9-8-17(14)27-21-28-20-19(33-16-6-5-7-16)18(15-10-25-26-11-15)24-13-31(20)29-21/h10-11,13-14,16-17H,5-9,12H2,1-4H3,(H,25,26)(H,27,29)/t14-,17+/m1/s1. The Morgan fingerprint density at radius 1 is 1.26 bits per heavy atom. The minimum absolute atomic E-state index is 0.133. The predicted octanol–water partition coefficient (Wildman–Crippen LogP) is 3.50. The fourth-order valence-corrected chi connectivity index (χ4v) is 4.26. The highest BCUT2D eigenvalue weighted by molar-refractivity contribution is 5.74. The van der Waals surface area contributed by atoms with Crippen molar-refractivity contribution in [1.29, 1.82) is 0 Å². The number of hydrogen-bond acceptors (Lipinski definition) is 8. The zero-order valence-corrected chi connectivity index (χ0v) is 20.1. The van der Waals surface area contributed by atoms with Crippen molar-refractivity contribution in [1.82, 2.24) is 34.7 Å². The largest absolute Gasteiger partial charge is 0.484 e. The number of ether oxygens (including phenoxy) is 2. The van der Waals surface area contributed by atoms with E-state index in [4.69, 9.17) is 14.5 Å². The van der Waals surface area contributed by atoms with Crippen molar-refractivity contribution < 1.29 is 14.3 Å². The molecule has 2 N–H and O–H groups in total. The lowest BCUT2D eigenvalue weighted by Gasteiger charge is -2.37. The maximum absolute atomic E-state index is 12.5. The van der Waals surface area contributed by atoms with Crippen LogP contribution in [0.4, 0.5) is 10.7 Å². The van der Waals surface area contributed by atoms with E-state index in [-0.39, 0.29) is 24.2 Å². The van der Waals surface area contributed by atoms with E-state index in [1.54, 1.807) is 28.1 Å². The maximum atomic E-state index is 12.5. The summed E-state index contributed by atoms with van der Waals surface area (Å²) in [7, 11) is 0. The van der Waals surface area contributed by atoms with E-state index in [0.717, 1.165) is 24.8 Å². The van der Waals surface area contributed by atoms with E-state index >= 15 is 0 Å². The molecule has 0 unspecified atom stereocenters. The molecular formula is C23H32N8O3. The quantitative estimate of drug-likeness (QED) is 0.583. The lowest BCUT2D eigenvalue weighted by molar-refractivity contribution is 0.0164. The zero-order valence-electron chi connectivity index (χ0n) is 20.1. The first-order valence-corrected chi connectivity index (χ1v) is 11.9. The molecule has 11 nitrogen and oxygen atoms in total. The van der Waals surface area contributed by atoms with Gasteiger partial charge < -0.3 is 19.7 Å². The molecule has 34 heavy (non-hydrogen) atoms. The first kappa shape index (κ1) is 22.4. The molecular weight excluding hydrogens is 436 g/mol. The molecule has 1 amide bonds. The summed E-state index contributed by atoms with van der Waals surface area (Å²) >= 11 is 0. The van der Waals surface area contributed by atoms with Gasteiger partial charge in [0.05, 0.1) is 12.3 Å². The molecule has 2 atom stereocenters. The summed E-state index contributed by atoms with van der Waals surface area (Å²) in [4.78, 5) is 23.6. The van der Waals surface area contributed by atoms with E-state index in [1.165, 1.54) is 6.42 Å². The normalized spacial score (nSPS) is 21.4. The average molecular weight is 469 g/mol. The lowest BCUT2D eigenvalue weighted by Crippen LogP contribution is -2.49. The zero-order chi connectivity index (χ0) is 23.9. The number of H-pyrrole nitrogens is 1. The lowest BCUT2D eigenvalue weighted by atomic mass is 9.94. The number of anilines is 1. The summed E-state index contributed by atoms with van der Waals surface area (Å²) in [6, 6.07) is 0.133. The SMILES string of the molecule is C[C@@H]1CN(C(=O)OC(C)(C)C)CC[C@@H]1Nc1nc2c(OC3CCC3)c(-c3cn[nH]c3)ncn2n1. The molecule has 1 aliphatic carbocycles. The molecule has 2 fully saturated rings. The molecule has 3 aromatic heterocycles. The van der Waals surface area contributed by atoms with Crippen molar-refractivity contribution in [3.05, 3.63) is 18.7 Å². The van der Waals surface area contributed by atoms with Crippen LogP contribution in [0.1, 0.15) is 53.4 Å². The molecule has 1 saturated carbocycles. The van der Waals surface area contributed by atoms with Crippen molar-refractivity contribution in [2.45, 2.75) is 71.1 Å². The third-order valence-corrected chi connectivity index (χ3v) is 6.33. The molecule has 2 aliphatic rings. The third-order valence-electron chi connectivity index (χ3n) is 6.33. The molecule has 0 radical (unpaired) electrons. The number of nitrogens with zero attached hydrogens (tertiary/aromatic N) is 6. The number of aromatic nitrogens is 6. The van der Waals surface area contributed by atoms with Gasteiger partial charge in [0.25, 0.3) is 0 Å².